The van der Waals surface area contributed by atoms with Crippen molar-refractivity contribution in [3.05, 3.63) is 47.5 Å². The van der Waals surface area contributed by atoms with Crippen LogP contribution in [0, 0.1) is 0 Å². The Morgan fingerprint density at radius 3 is 1.65 bits per heavy atom. The van der Waals surface area contributed by atoms with E-state index in [9.17, 15) is 9.59 Å². The van der Waals surface area contributed by atoms with Crippen LogP contribution in [-0.2, 0) is 22.7 Å². The molecular formula is C22H24N2O6S. The average Bonchev–Trinajstić information content (AvgIpc) is 3.44. The average molecular weight is 445 g/mol. The fourth-order valence-corrected chi connectivity index (χ4v) is 3.98. The molecule has 0 aliphatic carbocycles. The quantitative estimate of drug-likeness (QED) is 0.544. The zero-order valence-corrected chi connectivity index (χ0v) is 17.8. The van der Waals surface area contributed by atoms with Crippen molar-refractivity contribution < 1.29 is 28.5 Å². The lowest BCUT2D eigenvalue weighted by Gasteiger charge is -2.07. The molecule has 2 aromatic carbocycles. The van der Waals surface area contributed by atoms with Crippen molar-refractivity contribution in [2.24, 2.45) is 0 Å². The molecule has 0 fully saturated rings. The number of thioether (sulfide) groups is 1. The van der Waals surface area contributed by atoms with Crippen LogP contribution >= 0.6 is 11.8 Å². The van der Waals surface area contributed by atoms with Crippen LogP contribution in [0.1, 0.15) is 24.0 Å². The van der Waals surface area contributed by atoms with Crippen LogP contribution in [0.4, 0.5) is 0 Å². The molecule has 0 spiro atoms. The van der Waals surface area contributed by atoms with Crippen molar-refractivity contribution in [2.45, 2.75) is 25.9 Å². The van der Waals surface area contributed by atoms with Gasteiger partial charge in [0.2, 0.25) is 25.4 Å². The second kappa shape index (κ2) is 10.3. The summed E-state index contributed by atoms with van der Waals surface area (Å²) in [6.45, 7) is 1.36. The molecule has 0 unspecified atom stereocenters. The van der Waals surface area contributed by atoms with E-state index in [2.05, 4.69) is 10.6 Å². The fourth-order valence-electron chi connectivity index (χ4n) is 3.11. The van der Waals surface area contributed by atoms with Gasteiger partial charge >= 0.3 is 0 Å². The van der Waals surface area contributed by atoms with E-state index in [1.165, 1.54) is 0 Å². The number of nitrogens with one attached hydrogen (secondary N) is 2. The minimum absolute atomic E-state index is 0.0163. The number of amides is 2. The maximum atomic E-state index is 12.0. The number of ether oxygens (including phenoxy) is 4. The lowest BCUT2D eigenvalue weighted by Crippen LogP contribution is -2.24. The molecular weight excluding hydrogens is 420 g/mol. The summed E-state index contributed by atoms with van der Waals surface area (Å²) in [5.41, 5.74) is 1.92. The molecule has 0 radical (unpaired) electrons. The van der Waals surface area contributed by atoms with Crippen molar-refractivity contribution in [1.82, 2.24) is 10.6 Å². The number of carbonyl (C=O) groups excluding carboxylic acids is 2. The van der Waals surface area contributed by atoms with Gasteiger partial charge < -0.3 is 29.6 Å². The lowest BCUT2D eigenvalue weighted by molar-refractivity contribution is -0.121. The molecule has 2 aliphatic heterocycles. The van der Waals surface area contributed by atoms with E-state index in [1.54, 1.807) is 11.8 Å². The predicted molar refractivity (Wildman–Crippen MR) is 115 cm³/mol. The van der Waals surface area contributed by atoms with Gasteiger partial charge in [-0.1, -0.05) is 12.1 Å². The molecule has 0 atom stereocenters. The van der Waals surface area contributed by atoms with Gasteiger partial charge in [-0.05, 0) is 35.4 Å². The second-order valence-corrected chi connectivity index (χ2v) is 8.27. The minimum atomic E-state index is -0.0163. The third kappa shape index (κ3) is 5.97. The molecule has 0 aromatic heterocycles. The van der Waals surface area contributed by atoms with Crippen LogP contribution in [0.3, 0.4) is 0 Å². The number of carbonyl (C=O) groups is 2. The van der Waals surface area contributed by atoms with E-state index in [0.717, 1.165) is 22.6 Å². The van der Waals surface area contributed by atoms with E-state index < -0.39 is 0 Å². The molecule has 2 N–H and O–H groups in total. The third-order valence-electron chi connectivity index (χ3n) is 4.80. The van der Waals surface area contributed by atoms with Crippen molar-refractivity contribution in [3.8, 4) is 23.0 Å². The first-order valence-electron chi connectivity index (χ1n) is 10.1. The number of fused-ring (bicyclic) bond motifs is 2. The molecule has 164 valence electrons. The Balaban J connectivity index is 1.05. The van der Waals surface area contributed by atoms with E-state index in [1.807, 2.05) is 36.4 Å². The summed E-state index contributed by atoms with van der Waals surface area (Å²) in [6.07, 6.45) is 0.821. The topological polar surface area (TPSA) is 95.1 Å². The molecule has 0 saturated heterocycles. The van der Waals surface area contributed by atoms with Crippen LogP contribution in [0.5, 0.6) is 23.0 Å². The Hall–Kier alpha value is -3.07. The highest BCUT2D eigenvalue weighted by Gasteiger charge is 2.14. The predicted octanol–water partition coefficient (Wildman–Crippen LogP) is 2.59. The molecule has 0 bridgehead atoms. The SMILES string of the molecule is O=C(CCSCCC(=O)NCc1ccc2c(c1)OCO2)NCc1ccc2c(c1)OCO2. The number of hydrogen-bond donors (Lipinski definition) is 2. The van der Waals surface area contributed by atoms with E-state index in [4.69, 9.17) is 18.9 Å². The number of rotatable bonds is 10. The molecule has 2 amide bonds. The van der Waals surface area contributed by atoms with Gasteiger partial charge in [-0.3, -0.25) is 9.59 Å². The van der Waals surface area contributed by atoms with Gasteiger partial charge in [0.15, 0.2) is 23.0 Å². The van der Waals surface area contributed by atoms with Crippen LogP contribution < -0.4 is 29.6 Å². The Bertz CT molecular complexity index is 876. The fraction of sp³-hybridized carbons (Fsp3) is 0.364. The van der Waals surface area contributed by atoms with Gasteiger partial charge in [-0.25, -0.2) is 0 Å². The first-order chi connectivity index (χ1) is 15.2. The summed E-state index contributed by atoms with van der Waals surface area (Å²) in [5, 5.41) is 5.80. The van der Waals surface area contributed by atoms with Gasteiger partial charge in [-0.15, -0.1) is 0 Å². The van der Waals surface area contributed by atoms with Gasteiger partial charge in [-0.2, -0.15) is 11.8 Å². The van der Waals surface area contributed by atoms with Gasteiger partial charge in [0.1, 0.15) is 0 Å². The summed E-state index contributed by atoms with van der Waals surface area (Å²) >= 11 is 1.59. The van der Waals surface area contributed by atoms with E-state index in [0.29, 0.717) is 48.9 Å². The maximum absolute atomic E-state index is 12.0. The summed E-state index contributed by atoms with van der Waals surface area (Å²) in [7, 11) is 0. The molecule has 0 saturated carbocycles. The smallest absolute Gasteiger partial charge is 0.231 e. The highest BCUT2D eigenvalue weighted by Crippen LogP contribution is 2.33. The Morgan fingerprint density at radius 2 is 1.16 bits per heavy atom. The highest BCUT2D eigenvalue weighted by atomic mass is 32.2. The standard InChI is InChI=1S/C22H24N2O6S/c25-21(23-11-15-1-3-17-19(9-15)29-13-27-17)5-7-31-8-6-22(26)24-12-16-2-4-18-20(10-16)30-14-28-18/h1-4,9-10H,5-8,11-14H2,(H,23,25)(H,24,26). The summed E-state index contributed by atoms with van der Waals surface area (Å²) in [6, 6.07) is 11.3. The van der Waals surface area contributed by atoms with Gasteiger partial charge in [0, 0.05) is 37.4 Å². The largest absolute Gasteiger partial charge is 0.454 e. The number of benzene rings is 2. The zero-order chi connectivity index (χ0) is 21.5. The molecule has 4 rings (SSSR count). The summed E-state index contributed by atoms with van der Waals surface area (Å²) in [4.78, 5) is 24.0. The highest BCUT2D eigenvalue weighted by molar-refractivity contribution is 7.99. The van der Waals surface area contributed by atoms with Crippen molar-refractivity contribution in [1.29, 1.82) is 0 Å². The van der Waals surface area contributed by atoms with Crippen molar-refractivity contribution in [3.63, 3.8) is 0 Å². The molecule has 2 heterocycles. The van der Waals surface area contributed by atoms with Crippen LogP contribution in [0.2, 0.25) is 0 Å². The van der Waals surface area contributed by atoms with E-state index >= 15 is 0 Å². The Labute approximate surface area is 184 Å². The minimum Gasteiger partial charge on any atom is -0.454 e. The lowest BCUT2D eigenvalue weighted by atomic mass is 10.2. The van der Waals surface area contributed by atoms with E-state index in [-0.39, 0.29) is 25.4 Å². The number of hydrogen-bond acceptors (Lipinski definition) is 7. The van der Waals surface area contributed by atoms with Crippen LogP contribution in [0.15, 0.2) is 36.4 Å². The summed E-state index contributed by atoms with van der Waals surface area (Å²) < 4.78 is 21.2. The molecule has 8 nitrogen and oxygen atoms in total. The summed E-state index contributed by atoms with van der Waals surface area (Å²) in [5.74, 6) is 4.18. The van der Waals surface area contributed by atoms with Gasteiger partial charge in [0.05, 0.1) is 0 Å². The molecule has 2 aromatic rings. The first-order valence-corrected chi connectivity index (χ1v) is 11.2. The van der Waals surface area contributed by atoms with Crippen LogP contribution in [0.25, 0.3) is 0 Å². The molecule has 31 heavy (non-hydrogen) atoms. The van der Waals surface area contributed by atoms with Crippen molar-refractivity contribution in [2.75, 3.05) is 25.1 Å². The molecule has 9 heteroatoms. The Morgan fingerprint density at radius 1 is 0.710 bits per heavy atom. The normalized spacial score (nSPS) is 13.2. The third-order valence-corrected chi connectivity index (χ3v) is 5.79. The van der Waals surface area contributed by atoms with Gasteiger partial charge in [0.25, 0.3) is 0 Å². The maximum Gasteiger partial charge on any atom is 0.231 e. The van der Waals surface area contributed by atoms with Crippen LogP contribution in [-0.4, -0.2) is 36.9 Å². The first kappa shape index (κ1) is 21.2. The monoisotopic (exact) mass is 444 g/mol. The van der Waals surface area contributed by atoms with Crippen molar-refractivity contribution >= 4 is 23.6 Å². The second-order valence-electron chi connectivity index (χ2n) is 7.04. The zero-order valence-electron chi connectivity index (χ0n) is 17.0. The Kier molecular flexibility index (Phi) is 7.03. The molecule has 2 aliphatic rings.